The van der Waals surface area contributed by atoms with Gasteiger partial charge in [-0.05, 0) is 142 Å². The monoisotopic (exact) mass is 658 g/mol. The van der Waals surface area contributed by atoms with E-state index in [-0.39, 0.29) is 41.5 Å². The van der Waals surface area contributed by atoms with E-state index in [2.05, 4.69) is 79.7 Å². The summed E-state index contributed by atoms with van der Waals surface area (Å²) < 4.78 is 13.0. The van der Waals surface area contributed by atoms with Gasteiger partial charge in [-0.25, -0.2) is 0 Å². The zero-order valence-corrected chi connectivity index (χ0v) is 31.9. The number of rotatable bonds is 8. The van der Waals surface area contributed by atoms with Gasteiger partial charge in [-0.2, -0.15) is 0 Å². The maximum absolute atomic E-state index is 13.6. The lowest BCUT2D eigenvalue weighted by molar-refractivity contribution is -0.188. The highest BCUT2D eigenvalue weighted by molar-refractivity contribution is 5.73. The van der Waals surface area contributed by atoms with Crippen molar-refractivity contribution >= 4 is 11.9 Å². The number of carbonyl (C=O) groups is 2. The zero-order chi connectivity index (χ0) is 34.6. The third kappa shape index (κ3) is 6.45. The minimum atomic E-state index is -0.448. The third-order valence-electron chi connectivity index (χ3n) is 14.7. The fourth-order valence-electron chi connectivity index (χ4n) is 12.2. The molecule has 8 atom stereocenters. The molecule has 4 nitrogen and oxygen atoms in total. The molecular weight excluding hydrogens is 592 g/mol. The van der Waals surface area contributed by atoms with Gasteiger partial charge in [-0.15, -0.1) is 0 Å². The molecule has 8 unspecified atom stereocenters. The summed E-state index contributed by atoms with van der Waals surface area (Å²) >= 11 is 0. The summed E-state index contributed by atoms with van der Waals surface area (Å²) in [7, 11) is 0. The van der Waals surface area contributed by atoms with Crippen LogP contribution in [0.5, 0.6) is 0 Å². The largest absolute Gasteiger partial charge is 0.459 e. The Hall–Kier alpha value is -2.10. The van der Waals surface area contributed by atoms with Crippen molar-refractivity contribution < 1.29 is 19.1 Å². The topological polar surface area (TPSA) is 52.6 Å². The summed E-state index contributed by atoms with van der Waals surface area (Å²) in [5, 5.41) is 0. The van der Waals surface area contributed by atoms with E-state index in [0.717, 1.165) is 64.2 Å². The third-order valence-corrected chi connectivity index (χ3v) is 14.7. The predicted molar refractivity (Wildman–Crippen MR) is 195 cm³/mol. The van der Waals surface area contributed by atoms with Crippen LogP contribution in [0.25, 0.3) is 0 Å². The first-order valence-corrected chi connectivity index (χ1v) is 19.8. The lowest BCUT2D eigenvalue weighted by Crippen LogP contribution is -2.56. The van der Waals surface area contributed by atoms with E-state index in [1.54, 1.807) is 11.1 Å². The first kappa shape index (κ1) is 35.7. The number of ether oxygens (including phenoxy) is 2. The minimum absolute atomic E-state index is 0.111. The smallest absolute Gasteiger partial charge is 0.306 e. The molecule has 6 aliphatic rings. The molecule has 0 aromatic heterocycles. The summed E-state index contributed by atoms with van der Waals surface area (Å²) in [6, 6.07) is 0. The van der Waals surface area contributed by atoms with Gasteiger partial charge in [0.05, 0.1) is 0 Å². The maximum Gasteiger partial charge on any atom is 0.306 e. The van der Waals surface area contributed by atoms with Crippen molar-refractivity contribution in [2.45, 2.75) is 163 Å². The molecule has 0 amide bonds. The normalized spacial score (nSPS) is 39.8. The van der Waals surface area contributed by atoms with Gasteiger partial charge >= 0.3 is 11.9 Å². The number of carbonyl (C=O) groups excluding carboxylic acids is 2. The van der Waals surface area contributed by atoms with Crippen molar-refractivity contribution in [3.63, 3.8) is 0 Å². The van der Waals surface area contributed by atoms with Gasteiger partial charge in [0.2, 0.25) is 0 Å². The number of hydrogen-bond acceptors (Lipinski definition) is 4. The van der Waals surface area contributed by atoms with Crippen LogP contribution in [-0.2, 0) is 19.1 Å². The van der Waals surface area contributed by atoms with Crippen molar-refractivity contribution in [3.8, 4) is 0 Å². The maximum atomic E-state index is 13.6. The summed E-state index contributed by atoms with van der Waals surface area (Å²) in [5.41, 5.74) is 5.61. The van der Waals surface area contributed by atoms with Crippen LogP contribution in [0.1, 0.15) is 152 Å². The second kappa shape index (κ2) is 13.2. The number of allylic oxidation sites excluding steroid dienone is 8. The average molecular weight is 659 g/mol. The van der Waals surface area contributed by atoms with E-state index in [9.17, 15) is 9.59 Å². The summed E-state index contributed by atoms with van der Waals surface area (Å²) in [5.74, 6) is 2.55. The van der Waals surface area contributed by atoms with Gasteiger partial charge in [-0.3, -0.25) is 9.59 Å². The van der Waals surface area contributed by atoms with E-state index < -0.39 is 11.2 Å². The molecule has 0 aromatic rings. The Morgan fingerprint density at radius 3 is 1.44 bits per heavy atom. The van der Waals surface area contributed by atoms with Gasteiger partial charge in [0.25, 0.3) is 0 Å². The van der Waals surface area contributed by atoms with Gasteiger partial charge in [0, 0.05) is 24.7 Å². The van der Waals surface area contributed by atoms with Crippen molar-refractivity contribution in [1.82, 2.24) is 0 Å². The molecule has 0 aliphatic heterocycles. The molecule has 0 spiro atoms. The van der Waals surface area contributed by atoms with Crippen LogP contribution >= 0.6 is 0 Å². The van der Waals surface area contributed by atoms with Crippen LogP contribution in [0.15, 0.2) is 46.6 Å². The van der Waals surface area contributed by atoms with Crippen LogP contribution in [0, 0.1) is 52.3 Å². The Kier molecular flexibility index (Phi) is 9.84. The van der Waals surface area contributed by atoms with Gasteiger partial charge in [-0.1, -0.05) is 83.9 Å². The van der Waals surface area contributed by atoms with E-state index >= 15 is 0 Å². The first-order valence-electron chi connectivity index (χ1n) is 19.8. The molecule has 0 heterocycles. The summed E-state index contributed by atoms with van der Waals surface area (Å²) in [4.78, 5) is 27.1. The van der Waals surface area contributed by atoms with E-state index in [4.69, 9.17) is 9.47 Å². The van der Waals surface area contributed by atoms with Crippen LogP contribution in [0.3, 0.4) is 0 Å². The molecule has 4 heteroatoms. The molecule has 266 valence electrons. The summed E-state index contributed by atoms with van der Waals surface area (Å²) in [6.07, 6.45) is 23.5. The molecule has 4 fully saturated rings. The van der Waals surface area contributed by atoms with Crippen molar-refractivity contribution in [2.75, 3.05) is 0 Å². The quantitative estimate of drug-likeness (QED) is 0.244. The number of hydrogen-bond donors (Lipinski definition) is 0. The molecule has 0 aromatic carbocycles. The van der Waals surface area contributed by atoms with E-state index in [1.165, 1.54) is 24.0 Å². The fraction of sp³-hybridized carbons (Fsp3) is 0.773. The lowest BCUT2D eigenvalue weighted by Gasteiger charge is -2.58. The molecule has 0 bridgehead atoms. The van der Waals surface area contributed by atoms with Crippen LogP contribution in [0.4, 0.5) is 0 Å². The lowest BCUT2D eigenvalue weighted by atomic mass is 9.49. The SMILES string of the molecule is CC(CC(=O)OC1(C)CCCC2(C)C3CC=C(C(C)C)C=C3CCC12)CC(=O)OC1(C)CCCC2(C)C3CC=C(C(C)C)C=C3CCC12. The average Bonchev–Trinajstić information content (AvgIpc) is 2.99. The highest BCUT2D eigenvalue weighted by atomic mass is 16.6. The predicted octanol–water partition coefficient (Wildman–Crippen LogP) is 11.3. The van der Waals surface area contributed by atoms with Crippen molar-refractivity contribution in [1.29, 1.82) is 0 Å². The van der Waals surface area contributed by atoms with Crippen molar-refractivity contribution in [3.05, 3.63) is 46.6 Å². The standard InChI is InChI=1S/C44H66O4/c1-28(2)31-12-16-35-33(26-31)14-18-37-41(35,6)20-10-22-43(37,8)47-39(45)24-30(5)25-40(46)48-44(9)23-11-21-42(7)36-17-13-32(29(3)4)27-34(36)15-19-38(42)44/h12-13,26-30,35-38H,10-11,14-25H2,1-9H3. The highest BCUT2D eigenvalue weighted by Crippen LogP contribution is 2.62. The Balaban J connectivity index is 1.05. The molecule has 4 saturated carbocycles. The second-order valence-electron chi connectivity index (χ2n) is 18.7. The first-order chi connectivity index (χ1) is 22.6. The molecular formula is C44H66O4. The van der Waals surface area contributed by atoms with Crippen LogP contribution < -0.4 is 0 Å². The minimum Gasteiger partial charge on any atom is -0.459 e. The van der Waals surface area contributed by atoms with E-state index in [1.807, 2.05) is 6.92 Å². The van der Waals surface area contributed by atoms with Crippen molar-refractivity contribution in [2.24, 2.45) is 52.3 Å². The second-order valence-corrected chi connectivity index (χ2v) is 18.7. The van der Waals surface area contributed by atoms with Gasteiger partial charge in [0.1, 0.15) is 11.2 Å². The van der Waals surface area contributed by atoms with Gasteiger partial charge < -0.3 is 9.47 Å². The summed E-state index contributed by atoms with van der Waals surface area (Å²) in [6.45, 7) is 20.5. The molecule has 0 radical (unpaired) electrons. The molecule has 0 saturated heterocycles. The van der Waals surface area contributed by atoms with Crippen LogP contribution in [0.2, 0.25) is 0 Å². The Morgan fingerprint density at radius 1 is 0.667 bits per heavy atom. The molecule has 6 rings (SSSR count). The fourth-order valence-corrected chi connectivity index (χ4v) is 12.2. The van der Waals surface area contributed by atoms with Crippen LogP contribution in [-0.4, -0.2) is 23.1 Å². The number of fused-ring (bicyclic) bond motifs is 6. The zero-order valence-electron chi connectivity index (χ0n) is 31.9. The molecule has 48 heavy (non-hydrogen) atoms. The Bertz CT molecular complexity index is 1290. The Labute approximate surface area is 292 Å². The van der Waals surface area contributed by atoms with E-state index in [0.29, 0.717) is 35.5 Å². The molecule has 6 aliphatic carbocycles. The highest BCUT2D eigenvalue weighted by Gasteiger charge is 2.58. The van der Waals surface area contributed by atoms with Gasteiger partial charge in [0.15, 0.2) is 0 Å². The Morgan fingerprint density at radius 2 is 1.06 bits per heavy atom. The number of esters is 2. The molecule has 0 N–H and O–H groups in total.